The first-order valence-electron chi connectivity index (χ1n) is 8.63. The molecule has 1 heterocycles. The van der Waals surface area contributed by atoms with Crippen molar-refractivity contribution in [3.8, 4) is 0 Å². The minimum atomic E-state index is -1.40. The van der Waals surface area contributed by atoms with Crippen LogP contribution in [0.15, 0.2) is 11.3 Å². The number of carbonyl (C=O) groups excluding carboxylic acids is 2. The first-order valence-corrected chi connectivity index (χ1v) is 8.63. The lowest BCUT2D eigenvalue weighted by Crippen LogP contribution is -2.63. The number of carbonyl (C=O) groups is 2. The van der Waals surface area contributed by atoms with Crippen molar-refractivity contribution < 1.29 is 24.5 Å². The van der Waals surface area contributed by atoms with Crippen molar-refractivity contribution in [3.05, 3.63) is 11.3 Å². The average molecular weight is 320 g/mol. The summed E-state index contributed by atoms with van der Waals surface area (Å²) in [6.07, 6.45) is 2.33. The summed E-state index contributed by atoms with van der Waals surface area (Å²) in [7, 11) is 0. The van der Waals surface area contributed by atoms with E-state index in [9.17, 15) is 19.8 Å². The maximum absolute atomic E-state index is 12.6. The smallest absolute Gasteiger partial charge is 0.315 e. The molecule has 23 heavy (non-hydrogen) atoms. The fourth-order valence-electron chi connectivity index (χ4n) is 5.56. The number of hydrogen-bond acceptors (Lipinski definition) is 5. The lowest BCUT2D eigenvalue weighted by molar-refractivity contribution is -0.196. The molecule has 5 nitrogen and oxygen atoms in total. The molecule has 1 saturated heterocycles. The van der Waals surface area contributed by atoms with E-state index in [1.165, 1.54) is 5.57 Å². The Labute approximate surface area is 135 Å². The highest BCUT2D eigenvalue weighted by molar-refractivity contribution is 5.91. The molecule has 0 spiro atoms. The second-order valence-electron chi connectivity index (χ2n) is 8.25. The molecule has 4 rings (SSSR count). The number of hydrogen-bond donors (Lipinski definition) is 2. The maximum Gasteiger partial charge on any atom is 0.315 e. The van der Waals surface area contributed by atoms with Gasteiger partial charge >= 0.3 is 5.97 Å². The van der Waals surface area contributed by atoms with Gasteiger partial charge in [-0.15, -0.1) is 0 Å². The van der Waals surface area contributed by atoms with E-state index in [1.807, 2.05) is 6.92 Å². The van der Waals surface area contributed by atoms with Crippen molar-refractivity contribution in [2.75, 3.05) is 0 Å². The molecule has 5 heteroatoms. The van der Waals surface area contributed by atoms with Gasteiger partial charge in [0.1, 0.15) is 11.9 Å². The van der Waals surface area contributed by atoms with E-state index in [4.69, 9.17) is 4.74 Å². The Morgan fingerprint density at radius 3 is 2.61 bits per heavy atom. The third kappa shape index (κ3) is 1.81. The van der Waals surface area contributed by atoms with Crippen molar-refractivity contribution in [3.63, 3.8) is 0 Å². The van der Waals surface area contributed by atoms with Gasteiger partial charge in [-0.2, -0.15) is 0 Å². The first kappa shape index (κ1) is 15.3. The van der Waals surface area contributed by atoms with Crippen molar-refractivity contribution in [2.45, 2.75) is 64.6 Å². The zero-order chi connectivity index (χ0) is 16.6. The fraction of sp³-hybridized carbons (Fsp3) is 0.778. The Kier molecular flexibility index (Phi) is 3.11. The quantitative estimate of drug-likeness (QED) is 0.664. The molecule has 6 atom stereocenters. The number of aliphatic hydroxyl groups is 2. The Morgan fingerprint density at radius 2 is 1.87 bits per heavy atom. The second-order valence-corrected chi connectivity index (χ2v) is 8.25. The predicted octanol–water partition coefficient (Wildman–Crippen LogP) is 1.71. The van der Waals surface area contributed by atoms with Crippen LogP contribution >= 0.6 is 0 Å². The van der Waals surface area contributed by atoms with Gasteiger partial charge in [-0.1, -0.05) is 13.8 Å². The molecule has 6 unspecified atom stereocenters. The summed E-state index contributed by atoms with van der Waals surface area (Å²) in [5.41, 5.74) is 0.499. The van der Waals surface area contributed by atoms with Crippen LogP contribution in [0.4, 0.5) is 0 Å². The van der Waals surface area contributed by atoms with Gasteiger partial charge in [-0.3, -0.25) is 9.59 Å². The zero-order valence-electron chi connectivity index (χ0n) is 13.7. The molecule has 1 aliphatic heterocycles. The number of Topliss-reactive ketones (excluding diaryl/α,β-unsaturated/α-hetero) is 1. The molecule has 3 fully saturated rings. The monoisotopic (exact) mass is 320 g/mol. The summed E-state index contributed by atoms with van der Waals surface area (Å²) >= 11 is 0. The van der Waals surface area contributed by atoms with E-state index >= 15 is 0 Å². The molecular formula is C18H24O5. The first-order chi connectivity index (χ1) is 10.8. The maximum atomic E-state index is 12.6. The number of allylic oxidation sites excluding steroid dienone is 2. The van der Waals surface area contributed by atoms with Gasteiger partial charge < -0.3 is 14.9 Å². The van der Waals surface area contributed by atoms with Crippen LogP contribution in [-0.2, 0) is 14.3 Å². The topological polar surface area (TPSA) is 83.8 Å². The Balaban J connectivity index is 1.84. The van der Waals surface area contributed by atoms with Crippen LogP contribution < -0.4 is 0 Å². The molecule has 0 bridgehead atoms. The molecule has 126 valence electrons. The Hall–Kier alpha value is -1.20. The van der Waals surface area contributed by atoms with E-state index in [2.05, 4.69) is 6.92 Å². The Bertz CT molecular complexity index is 623. The fourth-order valence-corrected chi connectivity index (χ4v) is 5.56. The van der Waals surface area contributed by atoms with Crippen LogP contribution in [-0.4, -0.2) is 34.2 Å². The number of esters is 1. The molecule has 0 amide bonds. The molecule has 4 aliphatic rings. The minimum Gasteiger partial charge on any atom is -0.431 e. The predicted molar refractivity (Wildman–Crippen MR) is 81.0 cm³/mol. The average Bonchev–Trinajstić information content (AvgIpc) is 2.90. The highest BCUT2D eigenvalue weighted by Gasteiger charge is 2.63. The molecule has 0 radical (unpaired) electrons. The summed E-state index contributed by atoms with van der Waals surface area (Å²) in [4.78, 5) is 24.5. The van der Waals surface area contributed by atoms with Gasteiger partial charge in [0, 0.05) is 17.8 Å². The van der Waals surface area contributed by atoms with E-state index in [0.29, 0.717) is 0 Å². The van der Waals surface area contributed by atoms with Crippen LogP contribution in [0.5, 0.6) is 0 Å². The van der Waals surface area contributed by atoms with Crippen molar-refractivity contribution in [1.29, 1.82) is 0 Å². The second kappa shape index (κ2) is 4.67. The summed E-state index contributed by atoms with van der Waals surface area (Å²) in [5.74, 6) is -0.894. The van der Waals surface area contributed by atoms with Crippen LogP contribution in [0.3, 0.4) is 0 Å². The molecule has 0 aromatic rings. The molecular weight excluding hydrogens is 296 g/mol. The number of aliphatic hydroxyl groups excluding tert-OH is 2. The minimum absolute atomic E-state index is 0.0378. The normalized spacial score (nSPS) is 49.4. The van der Waals surface area contributed by atoms with E-state index in [0.717, 1.165) is 37.9 Å². The van der Waals surface area contributed by atoms with E-state index in [-0.39, 0.29) is 17.8 Å². The number of ether oxygens (including phenoxy) is 1. The van der Waals surface area contributed by atoms with Crippen molar-refractivity contribution in [2.24, 2.45) is 22.7 Å². The molecule has 0 aromatic carbocycles. The highest BCUT2D eigenvalue weighted by Crippen LogP contribution is 2.61. The zero-order valence-corrected chi connectivity index (χ0v) is 13.7. The standard InChI is InChI=1S/C18H24O5/c1-17-6-3-4-9(17)14-10(5-7-17)18(2)11(16(22)23-14)8-12(19)13(20)15(18)21/h10-11,13,15,20-21H,3-8H2,1-2H3. The lowest BCUT2D eigenvalue weighted by atomic mass is 9.53. The van der Waals surface area contributed by atoms with Crippen LogP contribution in [0, 0.1) is 22.7 Å². The van der Waals surface area contributed by atoms with Gasteiger partial charge in [-0.05, 0) is 43.1 Å². The van der Waals surface area contributed by atoms with Gasteiger partial charge in [-0.25, -0.2) is 0 Å². The van der Waals surface area contributed by atoms with Gasteiger partial charge in [0.2, 0.25) is 0 Å². The molecule has 2 saturated carbocycles. The van der Waals surface area contributed by atoms with Gasteiger partial charge in [0.05, 0.1) is 12.0 Å². The third-order valence-electron chi connectivity index (χ3n) is 7.15. The van der Waals surface area contributed by atoms with Crippen LogP contribution in [0.2, 0.25) is 0 Å². The van der Waals surface area contributed by atoms with Crippen LogP contribution in [0.1, 0.15) is 52.4 Å². The summed E-state index contributed by atoms with van der Waals surface area (Å²) in [6.45, 7) is 4.08. The highest BCUT2D eigenvalue weighted by atomic mass is 16.5. The van der Waals surface area contributed by atoms with E-state index in [1.54, 1.807) is 0 Å². The van der Waals surface area contributed by atoms with Crippen molar-refractivity contribution in [1.82, 2.24) is 0 Å². The molecule has 2 N–H and O–H groups in total. The lowest BCUT2D eigenvalue weighted by Gasteiger charge is -2.55. The van der Waals surface area contributed by atoms with Crippen LogP contribution in [0.25, 0.3) is 0 Å². The summed E-state index contributed by atoms with van der Waals surface area (Å²) in [5, 5.41) is 20.8. The SMILES string of the molecule is CC12CCCC1=C1OC(=O)C3CC(=O)C(O)C(O)C3(C)C1CC2. The third-order valence-corrected chi connectivity index (χ3v) is 7.15. The number of fused-ring (bicyclic) bond motifs is 4. The number of ketones is 1. The molecule has 0 aromatic heterocycles. The van der Waals surface area contributed by atoms with Gasteiger partial charge in [0.25, 0.3) is 0 Å². The van der Waals surface area contributed by atoms with Crippen molar-refractivity contribution >= 4 is 11.8 Å². The van der Waals surface area contributed by atoms with E-state index < -0.39 is 35.3 Å². The largest absolute Gasteiger partial charge is 0.431 e. The summed E-state index contributed by atoms with van der Waals surface area (Å²) in [6, 6.07) is 0. The van der Waals surface area contributed by atoms with Gasteiger partial charge in [0.15, 0.2) is 5.78 Å². The molecule has 3 aliphatic carbocycles. The Morgan fingerprint density at radius 1 is 1.13 bits per heavy atom. The number of rotatable bonds is 0. The summed E-state index contributed by atoms with van der Waals surface area (Å²) < 4.78 is 5.73.